The summed E-state index contributed by atoms with van der Waals surface area (Å²) in [5, 5.41) is 2.36. The molecule has 1 heterocycles. The third-order valence-corrected chi connectivity index (χ3v) is 3.33. The molecular formula is C17H15F3N2O5. The Kier molecular flexibility index (Phi) is 5.88. The molecule has 0 aliphatic carbocycles. The van der Waals surface area contributed by atoms with E-state index in [0.29, 0.717) is 5.56 Å². The Morgan fingerprint density at radius 1 is 1.15 bits per heavy atom. The van der Waals surface area contributed by atoms with Gasteiger partial charge in [0.2, 0.25) is 0 Å². The number of halogens is 3. The second-order valence-corrected chi connectivity index (χ2v) is 5.48. The van der Waals surface area contributed by atoms with Gasteiger partial charge in [0.1, 0.15) is 11.4 Å². The second-order valence-electron chi connectivity index (χ2n) is 5.48. The molecule has 27 heavy (non-hydrogen) atoms. The average molecular weight is 384 g/mol. The first kappa shape index (κ1) is 20.0. The predicted octanol–water partition coefficient (Wildman–Crippen LogP) is 2.92. The lowest BCUT2D eigenvalue weighted by atomic mass is 10.2. The Morgan fingerprint density at radius 2 is 1.78 bits per heavy atom. The summed E-state index contributed by atoms with van der Waals surface area (Å²) in [6, 6.07) is 5.82. The average Bonchev–Trinajstić information content (AvgIpc) is 2.95. The number of hydrogen-bond donors (Lipinski definition) is 1. The van der Waals surface area contributed by atoms with Crippen LogP contribution in [-0.4, -0.2) is 35.2 Å². The van der Waals surface area contributed by atoms with Crippen LogP contribution in [0.3, 0.4) is 0 Å². The van der Waals surface area contributed by atoms with Crippen molar-refractivity contribution in [3.63, 3.8) is 0 Å². The molecule has 0 radical (unpaired) electrons. The Balaban J connectivity index is 1.89. The highest BCUT2D eigenvalue weighted by Crippen LogP contribution is 2.23. The Morgan fingerprint density at radius 3 is 2.30 bits per heavy atom. The number of ketones is 1. The number of carbonyl (C=O) groups excluding carboxylic acids is 3. The van der Waals surface area contributed by atoms with Crippen LogP contribution in [0.25, 0.3) is 0 Å². The van der Waals surface area contributed by atoms with Crippen molar-refractivity contribution in [2.75, 3.05) is 11.9 Å². The van der Waals surface area contributed by atoms with E-state index in [-0.39, 0.29) is 17.2 Å². The molecule has 0 spiro atoms. The van der Waals surface area contributed by atoms with Crippen molar-refractivity contribution in [3.05, 3.63) is 47.8 Å². The van der Waals surface area contributed by atoms with Crippen molar-refractivity contribution in [1.29, 1.82) is 0 Å². The normalized spacial score (nSPS) is 11.0. The van der Waals surface area contributed by atoms with Crippen LogP contribution in [0.15, 0.2) is 36.5 Å². The van der Waals surface area contributed by atoms with Gasteiger partial charge in [-0.2, -0.15) is 0 Å². The van der Waals surface area contributed by atoms with Gasteiger partial charge in [-0.1, -0.05) is 0 Å². The molecule has 0 bridgehead atoms. The summed E-state index contributed by atoms with van der Waals surface area (Å²) in [7, 11) is 1.55. The summed E-state index contributed by atoms with van der Waals surface area (Å²) in [6.07, 6.45) is -3.35. The topological polar surface area (TPSA) is 86.6 Å². The molecule has 0 fully saturated rings. The summed E-state index contributed by atoms with van der Waals surface area (Å²) in [6.45, 7) is 0.739. The largest absolute Gasteiger partial charge is 0.573 e. The number of amides is 1. The van der Waals surface area contributed by atoms with Gasteiger partial charge in [0, 0.05) is 24.5 Å². The molecule has 2 aromatic rings. The van der Waals surface area contributed by atoms with Crippen LogP contribution in [-0.2, 0) is 16.6 Å². The molecule has 1 N–H and O–H groups in total. The van der Waals surface area contributed by atoms with Gasteiger partial charge in [0.05, 0.1) is 0 Å². The SMILES string of the molecule is CC(=O)c1cc(C(=O)OCC(=O)Nc2ccc(OC(F)(F)F)cc2)n(C)c1. The van der Waals surface area contributed by atoms with Crippen LogP contribution in [0.1, 0.15) is 27.8 Å². The van der Waals surface area contributed by atoms with Crippen molar-refractivity contribution in [3.8, 4) is 5.75 Å². The Hall–Kier alpha value is -3.30. The summed E-state index contributed by atoms with van der Waals surface area (Å²) in [5.74, 6) is -2.14. The zero-order valence-electron chi connectivity index (χ0n) is 14.3. The highest BCUT2D eigenvalue weighted by molar-refractivity contribution is 5.98. The van der Waals surface area contributed by atoms with E-state index in [2.05, 4.69) is 10.1 Å². The summed E-state index contributed by atoms with van der Waals surface area (Å²) in [4.78, 5) is 35.1. The van der Waals surface area contributed by atoms with Crippen molar-refractivity contribution in [2.24, 2.45) is 7.05 Å². The third kappa shape index (κ3) is 5.87. The fourth-order valence-corrected chi connectivity index (χ4v) is 2.10. The number of benzene rings is 1. The summed E-state index contributed by atoms with van der Waals surface area (Å²) in [5.41, 5.74) is 0.625. The van der Waals surface area contributed by atoms with Crippen LogP contribution in [0.4, 0.5) is 18.9 Å². The second kappa shape index (κ2) is 7.94. The highest BCUT2D eigenvalue weighted by atomic mass is 19.4. The standard InChI is InChI=1S/C17H15F3N2O5/c1-10(23)11-7-14(22(2)8-11)16(25)26-9-15(24)21-12-3-5-13(6-4-12)27-17(18,19)20/h3-8H,9H2,1-2H3,(H,21,24). The Labute approximate surface area is 151 Å². The van der Waals surface area contributed by atoms with Gasteiger partial charge < -0.3 is 19.4 Å². The van der Waals surface area contributed by atoms with Crippen LogP contribution in [0.2, 0.25) is 0 Å². The number of esters is 1. The van der Waals surface area contributed by atoms with E-state index in [1.54, 1.807) is 7.05 Å². The quantitative estimate of drug-likeness (QED) is 0.611. The molecule has 1 aromatic heterocycles. The molecule has 1 aromatic carbocycles. The molecular weight excluding hydrogens is 369 g/mol. The van der Waals surface area contributed by atoms with Crippen molar-refractivity contribution in [2.45, 2.75) is 13.3 Å². The maximum atomic E-state index is 12.1. The number of carbonyl (C=O) groups is 3. The molecule has 0 unspecified atom stereocenters. The van der Waals surface area contributed by atoms with Crippen LogP contribution >= 0.6 is 0 Å². The minimum atomic E-state index is -4.81. The van der Waals surface area contributed by atoms with Crippen LogP contribution in [0, 0.1) is 0 Å². The molecule has 10 heteroatoms. The molecule has 0 aliphatic rings. The van der Waals surface area contributed by atoms with Crippen molar-refractivity contribution >= 4 is 23.3 Å². The lowest BCUT2D eigenvalue weighted by Gasteiger charge is -2.10. The molecule has 0 atom stereocenters. The van der Waals surface area contributed by atoms with E-state index in [0.717, 1.165) is 12.1 Å². The van der Waals surface area contributed by atoms with Gasteiger partial charge in [0.15, 0.2) is 12.4 Å². The fraction of sp³-hybridized carbons (Fsp3) is 0.235. The lowest BCUT2D eigenvalue weighted by molar-refractivity contribution is -0.274. The first-order valence-corrected chi connectivity index (χ1v) is 7.55. The molecule has 2 rings (SSSR count). The smallest absolute Gasteiger partial charge is 0.451 e. The number of nitrogens with one attached hydrogen (secondary N) is 1. The molecule has 7 nitrogen and oxygen atoms in total. The maximum absolute atomic E-state index is 12.1. The molecule has 0 aliphatic heterocycles. The highest BCUT2D eigenvalue weighted by Gasteiger charge is 2.31. The number of rotatable bonds is 6. The molecule has 144 valence electrons. The van der Waals surface area contributed by atoms with Gasteiger partial charge in [-0.15, -0.1) is 13.2 Å². The van der Waals surface area contributed by atoms with Gasteiger partial charge in [-0.05, 0) is 37.3 Å². The lowest BCUT2D eigenvalue weighted by Crippen LogP contribution is -2.21. The van der Waals surface area contributed by atoms with Crippen LogP contribution < -0.4 is 10.1 Å². The van der Waals surface area contributed by atoms with E-state index in [1.165, 1.54) is 35.9 Å². The predicted molar refractivity (Wildman–Crippen MR) is 87.5 cm³/mol. The number of anilines is 1. The number of Topliss-reactive ketones (excluding diaryl/α,β-unsaturated/α-hetero) is 1. The third-order valence-electron chi connectivity index (χ3n) is 3.33. The van der Waals surface area contributed by atoms with Gasteiger partial charge in [0.25, 0.3) is 5.91 Å². The van der Waals surface area contributed by atoms with Gasteiger partial charge in [-0.25, -0.2) is 4.79 Å². The zero-order chi connectivity index (χ0) is 20.2. The molecule has 1 amide bonds. The van der Waals surface area contributed by atoms with Gasteiger partial charge >= 0.3 is 12.3 Å². The monoisotopic (exact) mass is 384 g/mol. The van der Waals surface area contributed by atoms with E-state index in [9.17, 15) is 27.6 Å². The number of ether oxygens (including phenoxy) is 2. The van der Waals surface area contributed by atoms with Crippen molar-refractivity contribution in [1.82, 2.24) is 4.57 Å². The summed E-state index contributed by atoms with van der Waals surface area (Å²) < 4.78 is 46.2. The molecule has 0 saturated heterocycles. The zero-order valence-corrected chi connectivity index (χ0v) is 14.3. The maximum Gasteiger partial charge on any atom is 0.573 e. The van der Waals surface area contributed by atoms with E-state index >= 15 is 0 Å². The minimum Gasteiger partial charge on any atom is -0.451 e. The number of alkyl halides is 3. The molecule has 0 saturated carbocycles. The van der Waals surface area contributed by atoms with Gasteiger partial charge in [-0.3, -0.25) is 9.59 Å². The van der Waals surface area contributed by atoms with E-state index in [1.807, 2.05) is 0 Å². The van der Waals surface area contributed by atoms with E-state index in [4.69, 9.17) is 4.74 Å². The number of nitrogens with zero attached hydrogens (tertiary/aromatic N) is 1. The van der Waals surface area contributed by atoms with Crippen LogP contribution in [0.5, 0.6) is 5.75 Å². The summed E-state index contributed by atoms with van der Waals surface area (Å²) >= 11 is 0. The fourth-order valence-electron chi connectivity index (χ4n) is 2.10. The number of aromatic nitrogens is 1. The Bertz CT molecular complexity index is 856. The first-order chi connectivity index (χ1) is 12.5. The number of aryl methyl sites for hydroxylation is 1. The minimum absolute atomic E-state index is 0.0988. The first-order valence-electron chi connectivity index (χ1n) is 7.55. The van der Waals surface area contributed by atoms with Crippen molar-refractivity contribution < 1.29 is 37.0 Å². The van der Waals surface area contributed by atoms with E-state index < -0.39 is 30.6 Å². The number of hydrogen-bond acceptors (Lipinski definition) is 5.